The molecular formula is C16H24N2OS. The molecule has 20 heavy (non-hydrogen) atoms. The number of hydrogen-bond donors (Lipinski definition) is 1. The number of hydrogen-bond acceptors (Lipinski definition) is 3. The third-order valence-electron chi connectivity index (χ3n) is 4.02. The van der Waals surface area contributed by atoms with Gasteiger partial charge in [-0.3, -0.25) is 4.79 Å². The van der Waals surface area contributed by atoms with Crippen molar-refractivity contribution >= 4 is 23.4 Å². The van der Waals surface area contributed by atoms with E-state index in [0.717, 1.165) is 17.1 Å². The van der Waals surface area contributed by atoms with Crippen molar-refractivity contribution in [3.63, 3.8) is 0 Å². The Morgan fingerprint density at radius 1 is 1.35 bits per heavy atom. The Labute approximate surface area is 126 Å². The first-order chi connectivity index (χ1) is 9.70. The molecule has 1 amide bonds. The van der Waals surface area contributed by atoms with E-state index in [0.29, 0.717) is 12.5 Å². The summed E-state index contributed by atoms with van der Waals surface area (Å²) in [6, 6.07) is 8.63. The number of carbonyl (C=O) groups is 1. The lowest BCUT2D eigenvalue weighted by Crippen LogP contribution is -2.32. The first-order valence-electron chi connectivity index (χ1n) is 7.34. The number of rotatable bonds is 6. The maximum atomic E-state index is 12.1. The van der Waals surface area contributed by atoms with Crippen molar-refractivity contribution in [2.75, 3.05) is 25.2 Å². The summed E-state index contributed by atoms with van der Waals surface area (Å²) in [5.41, 5.74) is 0.925. The molecule has 0 aliphatic heterocycles. The topological polar surface area (TPSA) is 32.3 Å². The van der Waals surface area contributed by atoms with Crippen molar-refractivity contribution in [1.82, 2.24) is 4.90 Å². The van der Waals surface area contributed by atoms with Crippen LogP contribution in [0.2, 0.25) is 0 Å². The smallest absolute Gasteiger partial charge is 0.225 e. The molecule has 1 N–H and O–H groups in total. The summed E-state index contributed by atoms with van der Waals surface area (Å²) < 4.78 is 0. The summed E-state index contributed by atoms with van der Waals surface area (Å²) in [7, 11) is 2.14. The van der Waals surface area contributed by atoms with Gasteiger partial charge < -0.3 is 10.2 Å². The predicted molar refractivity (Wildman–Crippen MR) is 86.4 cm³/mol. The molecule has 4 heteroatoms. The van der Waals surface area contributed by atoms with E-state index in [4.69, 9.17) is 0 Å². The van der Waals surface area contributed by atoms with Gasteiger partial charge in [0.05, 0.1) is 5.69 Å². The average molecular weight is 292 g/mol. The van der Waals surface area contributed by atoms with Gasteiger partial charge in [0.1, 0.15) is 0 Å². The molecule has 110 valence electrons. The fourth-order valence-corrected chi connectivity index (χ4v) is 3.32. The summed E-state index contributed by atoms with van der Waals surface area (Å²) in [5.74, 6) is 0.108. The molecule has 0 atom stereocenters. The Kier molecular flexibility index (Phi) is 5.92. The molecule has 0 radical (unpaired) electrons. The molecule has 0 saturated heterocycles. The molecule has 0 bridgehead atoms. The van der Waals surface area contributed by atoms with Crippen LogP contribution in [0, 0.1) is 0 Å². The highest BCUT2D eigenvalue weighted by Gasteiger charge is 2.19. The van der Waals surface area contributed by atoms with Crippen LogP contribution in [0.3, 0.4) is 0 Å². The van der Waals surface area contributed by atoms with Crippen LogP contribution in [-0.2, 0) is 4.79 Å². The third-order valence-corrected chi connectivity index (χ3v) is 4.82. The number of thioether (sulfide) groups is 1. The van der Waals surface area contributed by atoms with Gasteiger partial charge in [-0.15, -0.1) is 11.8 Å². The Bertz CT molecular complexity index is 444. The molecule has 0 unspecified atom stereocenters. The van der Waals surface area contributed by atoms with Crippen LogP contribution < -0.4 is 5.32 Å². The lowest BCUT2D eigenvalue weighted by molar-refractivity contribution is -0.116. The standard InChI is InChI=1S/C16H24N2OS/c1-18(13-7-3-4-8-13)12-11-16(19)17-14-9-5-6-10-15(14)20-2/h5-6,9-10,13H,3-4,7-8,11-12H2,1-2H3,(H,17,19). The molecule has 1 aromatic carbocycles. The van der Waals surface area contributed by atoms with Crippen LogP contribution in [-0.4, -0.2) is 36.7 Å². The number of amides is 1. The van der Waals surface area contributed by atoms with Gasteiger partial charge in [-0.1, -0.05) is 25.0 Å². The van der Waals surface area contributed by atoms with Crippen LogP contribution in [0.25, 0.3) is 0 Å². The number of nitrogens with zero attached hydrogens (tertiary/aromatic N) is 1. The Balaban J connectivity index is 1.80. The molecular weight excluding hydrogens is 268 g/mol. The Hall–Kier alpha value is -1.00. The molecule has 1 aliphatic carbocycles. The minimum atomic E-state index is 0.108. The molecule has 0 spiro atoms. The Morgan fingerprint density at radius 2 is 2.05 bits per heavy atom. The molecule has 2 rings (SSSR count). The molecule has 1 aliphatic rings. The van der Waals surface area contributed by atoms with E-state index in [-0.39, 0.29) is 5.91 Å². The van der Waals surface area contributed by atoms with Gasteiger partial charge in [-0.05, 0) is 38.3 Å². The van der Waals surface area contributed by atoms with E-state index in [1.54, 1.807) is 11.8 Å². The maximum absolute atomic E-state index is 12.1. The number of anilines is 1. The minimum Gasteiger partial charge on any atom is -0.325 e. The summed E-state index contributed by atoms with van der Waals surface area (Å²) in [6.45, 7) is 0.845. The zero-order chi connectivity index (χ0) is 14.4. The lowest BCUT2D eigenvalue weighted by Gasteiger charge is -2.23. The van der Waals surface area contributed by atoms with Crippen molar-refractivity contribution in [3.8, 4) is 0 Å². The zero-order valence-corrected chi connectivity index (χ0v) is 13.2. The monoisotopic (exact) mass is 292 g/mol. The van der Waals surface area contributed by atoms with Gasteiger partial charge in [0.2, 0.25) is 5.91 Å². The van der Waals surface area contributed by atoms with Gasteiger partial charge in [0.15, 0.2) is 0 Å². The second-order valence-corrected chi connectivity index (χ2v) is 6.27. The lowest BCUT2D eigenvalue weighted by atomic mass is 10.2. The molecule has 0 heterocycles. The molecule has 0 aromatic heterocycles. The van der Waals surface area contributed by atoms with Gasteiger partial charge in [0.25, 0.3) is 0 Å². The second-order valence-electron chi connectivity index (χ2n) is 5.42. The molecule has 3 nitrogen and oxygen atoms in total. The maximum Gasteiger partial charge on any atom is 0.225 e. The first-order valence-corrected chi connectivity index (χ1v) is 8.56. The quantitative estimate of drug-likeness (QED) is 0.813. The van der Waals surface area contributed by atoms with Crippen molar-refractivity contribution in [3.05, 3.63) is 24.3 Å². The largest absolute Gasteiger partial charge is 0.325 e. The van der Waals surface area contributed by atoms with E-state index < -0.39 is 0 Å². The molecule has 1 saturated carbocycles. The van der Waals surface area contributed by atoms with E-state index in [1.165, 1.54) is 25.7 Å². The normalized spacial score (nSPS) is 15.8. The van der Waals surface area contributed by atoms with Crippen molar-refractivity contribution in [1.29, 1.82) is 0 Å². The Morgan fingerprint density at radius 3 is 2.75 bits per heavy atom. The van der Waals surface area contributed by atoms with Crippen molar-refractivity contribution < 1.29 is 4.79 Å². The third kappa shape index (κ3) is 4.25. The SMILES string of the molecule is CSc1ccccc1NC(=O)CCN(C)C1CCCC1. The fourth-order valence-electron chi connectivity index (χ4n) is 2.77. The van der Waals surface area contributed by atoms with Crippen LogP contribution in [0.5, 0.6) is 0 Å². The van der Waals surface area contributed by atoms with Gasteiger partial charge in [-0.25, -0.2) is 0 Å². The number of para-hydroxylation sites is 1. The van der Waals surface area contributed by atoms with Gasteiger partial charge in [-0.2, -0.15) is 0 Å². The van der Waals surface area contributed by atoms with E-state index in [9.17, 15) is 4.79 Å². The second kappa shape index (κ2) is 7.70. The average Bonchev–Trinajstić information content (AvgIpc) is 2.99. The van der Waals surface area contributed by atoms with Crippen LogP contribution in [0.4, 0.5) is 5.69 Å². The number of carbonyl (C=O) groups excluding carboxylic acids is 1. The summed E-state index contributed by atoms with van der Waals surface area (Å²) in [6.07, 6.45) is 7.83. The van der Waals surface area contributed by atoms with Crippen LogP contribution in [0.15, 0.2) is 29.2 Å². The number of nitrogens with one attached hydrogen (secondary N) is 1. The summed E-state index contributed by atoms with van der Waals surface area (Å²) in [5, 5.41) is 3.02. The summed E-state index contributed by atoms with van der Waals surface area (Å²) in [4.78, 5) is 15.5. The van der Waals surface area contributed by atoms with Crippen LogP contribution >= 0.6 is 11.8 Å². The predicted octanol–water partition coefficient (Wildman–Crippen LogP) is 3.61. The van der Waals surface area contributed by atoms with Crippen molar-refractivity contribution in [2.24, 2.45) is 0 Å². The molecule has 1 aromatic rings. The molecule has 1 fully saturated rings. The fraction of sp³-hybridized carbons (Fsp3) is 0.562. The van der Waals surface area contributed by atoms with Crippen LogP contribution in [0.1, 0.15) is 32.1 Å². The van der Waals surface area contributed by atoms with E-state index in [1.807, 2.05) is 30.5 Å². The number of benzene rings is 1. The highest BCUT2D eigenvalue weighted by atomic mass is 32.2. The van der Waals surface area contributed by atoms with E-state index >= 15 is 0 Å². The van der Waals surface area contributed by atoms with Gasteiger partial charge in [0, 0.05) is 23.9 Å². The highest BCUT2D eigenvalue weighted by molar-refractivity contribution is 7.98. The van der Waals surface area contributed by atoms with Crippen molar-refractivity contribution in [2.45, 2.75) is 43.0 Å². The highest BCUT2D eigenvalue weighted by Crippen LogP contribution is 2.25. The minimum absolute atomic E-state index is 0.108. The van der Waals surface area contributed by atoms with E-state index in [2.05, 4.69) is 17.3 Å². The zero-order valence-electron chi connectivity index (χ0n) is 12.4. The first kappa shape index (κ1) is 15.4. The summed E-state index contributed by atoms with van der Waals surface area (Å²) >= 11 is 1.66. The van der Waals surface area contributed by atoms with Gasteiger partial charge >= 0.3 is 0 Å².